The summed E-state index contributed by atoms with van der Waals surface area (Å²) in [5.41, 5.74) is 2.17. The maximum absolute atomic E-state index is 12.2. The monoisotopic (exact) mass is 282 g/mol. The molecule has 0 saturated heterocycles. The van der Waals surface area contributed by atoms with Gasteiger partial charge in [-0.05, 0) is 31.0 Å². The third kappa shape index (κ3) is 2.40. The minimum Gasteiger partial charge on any atom is -0.299 e. The highest BCUT2D eigenvalue weighted by Gasteiger charge is 2.47. The first kappa shape index (κ1) is 13.4. The summed E-state index contributed by atoms with van der Waals surface area (Å²) < 4.78 is 0. The van der Waals surface area contributed by atoms with E-state index in [1.165, 1.54) is 16.0 Å². The van der Waals surface area contributed by atoms with Gasteiger partial charge < -0.3 is 0 Å². The molecule has 0 N–H and O–H groups in total. The molecule has 0 radical (unpaired) electrons. The average molecular weight is 282 g/mol. The van der Waals surface area contributed by atoms with E-state index < -0.39 is 0 Å². The number of thioether (sulfide) groups is 1. The minimum atomic E-state index is -0.256. The van der Waals surface area contributed by atoms with Gasteiger partial charge in [-0.3, -0.25) is 4.79 Å². The smallest absolute Gasteiger partial charge is 0.144 e. The first-order valence-electron chi connectivity index (χ1n) is 6.99. The van der Waals surface area contributed by atoms with Gasteiger partial charge in [0.05, 0.1) is 5.41 Å². The van der Waals surface area contributed by atoms with Crippen LogP contribution in [0.2, 0.25) is 0 Å². The first-order chi connectivity index (χ1) is 9.71. The Morgan fingerprint density at radius 2 is 1.75 bits per heavy atom. The SMILES string of the molecule is Cc1ccc([C@@]2(CSc3ccccc3)CCC2=O)cc1. The summed E-state index contributed by atoms with van der Waals surface area (Å²) in [6, 6.07) is 18.8. The highest BCUT2D eigenvalue weighted by atomic mass is 32.2. The fourth-order valence-corrected chi connectivity index (χ4v) is 3.90. The van der Waals surface area contributed by atoms with Crippen molar-refractivity contribution < 1.29 is 4.79 Å². The Labute approximate surface area is 124 Å². The number of carbonyl (C=O) groups is 1. The van der Waals surface area contributed by atoms with Crippen LogP contribution in [0.25, 0.3) is 0 Å². The van der Waals surface area contributed by atoms with Crippen molar-refractivity contribution in [3.8, 4) is 0 Å². The predicted molar refractivity (Wildman–Crippen MR) is 84.3 cm³/mol. The van der Waals surface area contributed by atoms with Crippen molar-refractivity contribution in [3.05, 3.63) is 65.7 Å². The van der Waals surface area contributed by atoms with Gasteiger partial charge in [0, 0.05) is 17.1 Å². The van der Waals surface area contributed by atoms with E-state index in [4.69, 9.17) is 0 Å². The van der Waals surface area contributed by atoms with Crippen LogP contribution in [0.1, 0.15) is 24.0 Å². The predicted octanol–water partition coefficient (Wildman–Crippen LogP) is 4.39. The standard InChI is InChI=1S/C18H18OS/c1-14-7-9-15(10-8-14)18(12-11-17(18)19)13-20-16-5-3-2-4-6-16/h2-10H,11-13H2,1H3/t18-/m0/s1. The van der Waals surface area contributed by atoms with Crippen LogP contribution in [0.4, 0.5) is 0 Å². The van der Waals surface area contributed by atoms with Gasteiger partial charge in [0.25, 0.3) is 0 Å². The number of rotatable bonds is 4. The maximum atomic E-state index is 12.2. The van der Waals surface area contributed by atoms with Gasteiger partial charge in [-0.2, -0.15) is 0 Å². The molecule has 2 heteroatoms. The van der Waals surface area contributed by atoms with E-state index in [9.17, 15) is 4.79 Å². The summed E-state index contributed by atoms with van der Waals surface area (Å²) in [6.45, 7) is 2.08. The largest absolute Gasteiger partial charge is 0.299 e. The molecule has 102 valence electrons. The van der Waals surface area contributed by atoms with Crippen LogP contribution in [0.5, 0.6) is 0 Å². The lowest BCUT2D eigenvalue weighted by Gasteiger charge is -2.40. The van der Waals surface area contributed by atoms with Crippen LogP contribution in [0.3, 0.4) is 0 Å². The second-order valence-electron chi connectivity index (χ2n) is 5.47. The molecule has 0 aliphatic heterocycles. The summed E-state index contributed by atoms with van der Waals surface area (Å²) in [4.78, 5) is 13.5. The Kier molecular flexibility index (Phi) is 3.66. The zero-order valence-electron chi connectivity index (χ0n) is 11.6. The van der Waals surface area contributed by atoms with Gasteiger partial charge in [0.15, 0.2) is 0 Å². The number of benzene rings is 2. The maximum Gasteiger partial charge on any atom is 0.144 e. The van der Waals surface area contributed by atoms with Crippen molar-refractivity contribution in [2.45, 2.75) is 30.1 Å². The lowest BCUT2D eigenvalue weighted by Crippen LogP contribution is -2.47. The Balaban J connectivity index is 1.82. The van der Waals surface area contributed by atoms with E-state index in [0.29, 0.717) is 5.78 Å². The van der Waals surface area contributed by atoms with Crippen molar-refractivity contribution in [1.82, 2.24) is 0 Å². The normalized spacial score (nSPS) is 21.6. The summed E-state index contributed by atoms with van der Waals surface area (Å²) in [5.74, 6) is 1.24. The molecule has 1 atom stereocenters. The lowest BCUT2D eigenvalue weighted by atomic mass is 9.64. The molecule has 3 rings (SSSR count). The zero-order chi connectivity index (χ0) is 14.0. The van der Waals surface area contributed by atoms with Crippen molar-refractivity contribution in [2.75, 3.05) is 5.75 Å². The second-order valence-corrected chi connectivity index (χ2v) is 6.52. The fraction of sp³-hybridized carbons (Fsp3) is 0.278. The molecular weight excluding hydrogens is 264 g/mol. The number of carbonyl (C=O) groups excluding carboxylic acids is 1. The molecule has 1 nitrogen and oxygen atoms in total. The highest BCUT2D eigenvalue weighted by Crippen LogP contribution is 2.44. The fourth-order valence-electron chi connectivity index (χ4n) is 2.67. The molecule has 2 aromatic carbocycles. The van der Waals surface area contributed by atoms with Crippen molar-refractivity contribution in [1.29, 1.82) is 0 Å². The van der Waals surface area contributed by atoms with Crippen molar-refractivity contribution in [3.63, 3.8) is 0 Å². The first-order valence-corrected chi connectivity index (χ1v) is 7.98. The van der Waals surface area contributed by atoms with Gasteiger partial charge in [-0.15, -0.1) is 11.8 Å². The Morgan fingerprint density at radius 1 is 1.05 bits per heavy atom. The number of ketones is 1. The molecule has 1 fully saturated rings. The minimum absolute atomic E-state index is 0.256. The van der Waals surface area contributed by atoms with Crippen LogP contribution < -0.4 is 0 Å². The van der Waals surface area contributed by atoms with E-state index in [1.54, 1.807) is 11.8 Å². The summed E-state index contributed by atoms with van der Waals surface area (Å²) >= 11 is 1.79. The second kappa shape index (κ2) is 5.45. The Bertz CT molecular complexity index is 603. The topological polar surface area (TPSA) is 17.1 Å². The van der Waals surface area contributed by atoms with Crippen LogP contribution in [-0.4, -0.2) is 11.5 Å². The average Bonchev–Trinajstić information content (AvgIpc) is 2.49. The van der Waals surface area contributed by atoms with E-state index in [0.717, 1.165) is 18.6 Å². The summed E-state index contributed by atoms with van der Waals surface area (Å²) in [6.07, 6.45) is 1.71. The van der Waals surface area contributed by atoms with Crippen LogP contribution in [0, 0.1) is 6.92 Å². The van der Waals surface area contributed by atoms with E-state index >= 15 is 0 Å². The number of hydrogen-bond acceptors (Lipinski definition) is 2. The number of aryl methyl sites for hydroxylation is 1. The van der Waals surface area contributed by atoms with Gasteiger partial charge >= 0.3 is 0 Å². The Morgan fingerprint density at radius 3 is 2.30 bits per heavy atom. The molecule has 20 heavy (non-hydrogen) atoms. The third-order valence-electron chi connectivity index (χ3n) is 4.15. The quantitative estimate of drug-likeness (QED) is 0.774. The van der Waals surface area contributed by atoms with Crippen molar-refractivity contribution in [2.24, 2.45) is 0 Å². The molecule has 2 aromatic rings. The molecule has 0 aromatic heterocycles. The molecule has 1 saturated carbocycles. The van der Waals surface area contributed by atoms with E-state index in [1.807, 2.05) is 18.2 Å². The number of hydrogen-bond donors (Lipinski definition) is 0. The number of Topliss-reactive ketones (excluding diaryl/α,β-unsaturated/α-hetero) is 1. The molecule has 0 spiro atoms. The molecule has 0 bridgehead atoms. The molecule has 1 aliphatic carbocycles. The van der Waals surface area contributed by atoms with Crippen LogP contribution in [0.15, 0.2) is 59.5 Å². The van der Waals surface area contributed by atoms with Crippen LogP contribution >= 0.6 is 11.8 Å². The molecule has 0 unspecified atom stereocenters. The summed E-state index contributed by atoms with van der Waals surface area (Å²) in [5, 5.41) is 0. The van der Waals surface area contributed by atoms with E-state index in [-0.39, 0.29) is 5.41 Å². The molecule has 1 aliphatic rings. The Hall–Kier alpha value is -1.54. The third-order valence-corrected chi connectivity index (χ3v) is 5.39. The molecule has 0 heterocycles. The van der Waals surface area contributed by atoms with Gasteiger partial charge in [-0.1, -0.05) is 48.0 Å². The zero-order valence-corrected chi connectivity index (χ0v) is 12.5. The molecule has 0 amide bonds. The lowest BCUT2D eigenvalue weighted by molar-refractivity contribution is -0.130. The molecular formula is C18H18OS. The van der Waals surface area contributed by atoms with Crippen LogP contribution in [-0.2, 0) is 10.2 Å². The van der Waals surface area contributed by atoms with Crippen molar-refractivity contribution >= 4 is 17.5 Å². The van der Waals surface area contributed by atoms with Gasteiger partial charge in [0.1, 0.15) is 5.78 Å². The van der Waals surface area contributed by atoms with E-state index in [2.05, 4.69) is 43.3 Å². The summed E-state index contributed by atoms with van der Waals surface area (Å²) in [7, 11) is 0. The van der Waals surface area contributed by atoms with Gasteiger partial charge in [0.2, 0.25) is 0 Å². The van der Waals surface area contributed by atoms with Gasteiger partial charge in [-0.25, -0.2) is 0 Å². The highest BCUT2D eigenvalue weighted by molar-refractivity contribution is 7.99.